The summed E-state index contributed by atoms with van der Waals surface area (Å²) in [4.78, 5) is 44.3. The highest BCUT2D eigenvalue weighted by Gasteiger charge is 2.68. The van der Waals surface area contributed by atoms with E-state index in [-0.39, 0.29) is 46.6 Å². The summed E-state index contributed by atoms with van der Waals surface area (Å²) in [5, 5.41) is 15.8. The fraction of sp³-hybridized carbons (Fsp3) is 0.525. The van der Waals surface area contributed by atoms with Crippen LogP contribution in [-0.2, 0) is 32.1 Å². The maximum absolute atomic E-state index is 13.7. The molecule has 9 atom stereocenters. The largest absolute Gasteiger partial charge is 0.461 e. The molecule has 0 aliphatic heterocycles. The van der Waals surface area contributed by atoms with E-state index in [4.69, 9.17) is 10.5 Å². The van der Waals surface area contributed by atoms with Crippen molar-refractivity contribution >= 4 is 40.3 Å². The van der Waals surface area contributed by atoms with Gasteiger partial charge in [-0.05, 0) is 78.7 Å². The minimum Gasteiger partial charge on any atom is -0.461 e. The van der Waals surface area contributed by atoms with E-state index in [0.717, 1.165) is 46.2 Å². The Kier molecular flexibility index (Phi) is 9.92. The van der Waals surface area contributed by atoms with Gasteiger partial charge in [0.25, 0.3) is 0 Å². The Labute approximate surface area is 294 Å². The minimum absolute atomic E-state index is 0.0710. The monoisotopic (exact) mass is 685 g/mol. The number of nitrogens with two attached hydrogens (primary N) is 1. The molecule has 3 aromatic rings. The fourth-order valence-corrected chi connectivity index (χ4v) is 10.3. The summed E-state index contributed by atoms with van der Waals surface area (Å²) in [6.07, 6.45) is 6.44. The number of aromatic amines is 1. The zero-order chi connectivity index (χ0) is 35.1. The number of ether oxygens (including phenoxy) is 1. The average Bonchev–Trinajstić information content (AvgIpc) is 3.68. The summed E-state index contributed by atoms with van der Waals surface area (Å²) in [5.41, 5.74) is 7.67. The summed E-state index contributed by atoms with van der Waals surface area (Å²) < 4.78 is 6.40. The first-order valence-electron chi connectivity index (χ1n) is 17.7. The second-order valence-electron chi connectivity index (χ2n) is 15.4. The summed E-state index contributed by atoms with van der Waals surface area (Å²) >= 11 is 1.38. The number of carbonyl (C=O) groups is 3. The Morgan fingerprint density at radius 2 is 1.96 bits per heavy atom. The number of esters is 1. The lowest BCUT2D eigenvalue weighted by Crippen LogP contribution is -2.63. The Hall–Kier alpha value is -3.40. The Bertz CT molecular complexity index is 1740. The maximum atomic E-state index is 13.7. The van der Waals surface area contributed by atoms with Crippen LogP contribution in [-0.4, -0.2) is 51.8 Å². The van der Waals surface area contributed by atoms with Gasteiger partial charge in [0, 0.05) is 51.7 Å². The van der Waals surface area contributed by atoms with Gasteiger partial charge in [-0.15, -0.1) is 18.3 Å². The molecule has 6 rings (SSSR count). The highest BCUT2D eigenvalue weighted by molar-refractivity contribution is 8.00. The standard InChI is InChI=1S/C40H51N3O5S/c1-6-38(4)20-33(39(5)24(2)14-16-40(25(3)36(38)46)17-15-32(44)35(39)40)48-34(45)23-49-28-11-9-10-26(18-28)21-43-37(47)30(41)19-27-22-42-31-13-8-7-12-29(27)31/h6-13,18,22,24-25,30,33,35-36,42,46H,1,14-17,19-21,23,41H2,2-5H3,(H,43,47)/t24?,25-,30+,33+,35?,36-,38+,39-,40?/m0/s1. The normalized spacial score (nSPS) is 33.3. The number of aromatic nitrogens is 1. The number of Topliss-reactive ketones (excluding diaryl/α,β-unsaturated/α-hetero) is 1. The van der Waals surface area contributed by atoms with Crippen molar-refractivity contribution < 1.29 is 24.2 Å². The van der Waals surface area contributed by atoms with E-state index in [0.29, 0.717) is 25.8 Å². The number of rotatable bonds is 10. The molecule has 2 aromatic carbocycles. The van der Waals surface area contributed by atoms with Crippen LogP contribution in [0, 0.1) is 34.0 Å². The molecule has 49 heavy (non-hydrogen) atoms. The van der Waals surface area contributed by atoms with Gasteiger partial charge in [0.15, 0.2) is 0 Å². The van der Waals surface area contributed by atoms with E-state index in [2.05, 4.69) is 37.7 Å². The van der Waals surface area contributed by atoms with Gasteiger partial charge in [-0.2, -0.15) is 0 Å². The average molecular weight is 686 g/mol. The van der Waals surface area contributed by atoms with E-state index >= 15 is 0 Å². The summed E-state index contributed by atoms with van der Waals surface area (Å²) in [6, 6.07) is 15.0. The molecular formula is C40H51N3O5S. The highest BCUT2D eigenvalue weighted by Crippen LogP contribution is 2.68. The molecular weight excluding hydrogens is 635 g/mol. The molecule has 2 bridgehead atoms. The molecule has 0 radical (unpaired) electrons. The van der Waals surface area contributed by atoms with E-state index in [1.807, 2.05) is 67.7 Å². The van der Waals surface area contributed by atoms with E-state index in [9.17, 15) is 19.5 Å². The summed E-state index contributed by atoms with van der Waals surface area (Å²) in [7, 11) is 0. The van der Waals surface area contributed by atoms with E-state index < -0.39 is 29.1 Å². The number of aliphatic hydroxyl groups excluding tert-OH is 1. The molecule has 0 spiro atoms. The number of H-pyrrole nitrogens is 1. The molecule has 5 N–H and O–H groups in total. The fourth-order valence-electron chi connectivity index (χ4n) is 9.53. The number of aliphatic hydroxyl groups is 1. The van der Waals surface area contributed by atoms with Crippen LogP contribution < -0.4 is 11.1 Å². The van der Waals surface area contributed by atoms with Gasteiger partial charge in [-0.1, -0.05) is 64.1 Å². The Balaban J connectivity index is 1.10. The van der Waals surface area contributed by atoms with Crippen LogP contribution in [0.3, 0.4) is 0 Å². The molecule has 3 aliphatic carbocycles. The number of amides is 1. The second-order valence-corrected chi connectivity index (χ2v) is 16.4. The molecule has 3 aliphatic rings. The molecule has 8 nitrogen and oxygen atoms in total. The third-order valence-electron chi connectivity index (χ3n) is 12.7. The third-order valence-corrected chi connectivity index (χ3v) is 13.7. The van der Waals surface area contributed by atoms with Gasteiger partial charge in [-0.25, -0.2) is 0 Å². The Morgan fingerprint density at radius 1 is 1.18 bits per heavy atom. The topological polar surface area (TPSA) is 135 Å². The van der Waals surface area contributed by atoms with Crippen molar-refractivity contribution in [2.75, 3.05) is 5.75 Å². The number of benzene rings is 2. The number of fused-ring (bicyclic) bond motifs is 1. The molecule has 3 unspecified atom stereocenters. The number of nitrogens with one attached hydrogen (secondary N) is 2. The zero-order valence-corrected chi connectivity index (χ0v) is 30.0. The molecule has 1 amide bonds. The number of ketones is 1. The van der Waals surface area contributed by atoms with E-state index in [1.54, 1.807) is 0 Å². The second kappa shape index (κ2) is 13.7. The first kappa shape index (κ1) is 35.4. The molecule has 1 heterocycles. The van der Waals surface area contributed by atoms with E-state index in [1.165, 1.54) is 11.8 Å². The zero-order valence-electron chi connectivity index (χ0n) is 29.2. The van der Waals surface area contributed by atoms with Crippen LogP contribution in [0.2, 0.25) is 0 Å². The van der Waals surface area contributed by atoms with Gasteiger partial charge < -0.3 is 25.9 Å². The Morgan fingerprint density at radius 3 is 2.73 bits per heavy atom. The quantitative estimate of drug-likeness (QED) is 0.111. The van der Waals surface area contributed by atoms with Crippen LogP contribution in [0.1, 0.15) is 70.9 Å². The van der Waals surface area contributed by atoms with Crippen LogP contribution in [0.15, 0.2) is 72.3 Å². The van der Waals surface area contributed by atoms with Gasteiger partial charge in [0.05, 0.1) is 17.9 Å². The van der Waals surface area contributed by atoms with Crippen molar-refractivity contribution in [2.24, 2.45) is 39.7 Å². The number of para-hydroxylation sites is 1. The van der Waals surface area contributed by atoms with Crippen LogP contribution in [0.4, 0.5) is 0 Å². The van der Waals surface area contributed by atoms with Crippen LogP contribution in [0.5, 0.6) is 0 Å². The van der Waals surface area contributed by atoms with Gasteiger partial charge in [-0.3, -0.25) is 14.4 Å². The molecule has 0 saturated heterocycles. The minimum atomic E-state index is -0.696. The number of hydrogen-bond acceptors (Lipinski definition) is 7. The van der Waals surface area contributed by atoms with Crippen LogP contribution >= 0.6 is 11.8 Å². The smallest absolute Gasteiger partial charge is 0.316 e. The lowest BCUT2D eigenvalue weighted by Gasteiger charge is -2.61. The third kappa shape index (κ3) is 6.38. The van der Waals surface area contributed by atoms with Crippen molar-refractivity contribution in [1.29, 1.82) is 0 Å². The summed E-state index contributed by atoms with van der Waals surface area (Å²) in [6.45, 7) is 12.9. The lowest BCUT2D eigenvalue weighted by atomic mass is 9.44. The number of hydrogen-bond donors (Lipinski definition) is 4. The van der Waals surface area contributed by atoms with Gasteiger partial charge in [0.1, 0.15) is 11.9 Å². The highest BCUT2D eigenvalue weighted by atomic mass is 32.2. The number of thioether (sulfide) groups is 1. The van der Waals surface area contributed by atoms with Crippen molar-refractivity contribution in [3.63, 3.8) is 0 Å². The first-order valence-corrected chi connectivity index (χ1v) is 18.6. The number of carbonyl (C=O) groups excluding carboxylic acids is 3. The molecule has 262 valence electrons. The van der Waals surface area contributed by atoms with Crippen molar-refractivity contribution in [2.45, 2.75) is 95.9 Å². The molecule has 3 fully saturated rings. The van der Waals surface area contributed by atoms with Crippen molar-refractivity contribution in [3.05, 3.63) is 78.5 Å². The first-order chi connectivity index (χ1) is 23.3. The molecule has 1 aromatic heterocycles. The SMILES string of the molecule is C=C[C@]1(C)C[C@@H](OC(=O)CSc2cccc(CNC(=O)[C@H](N)Cc3c[nH]c4ccccc34)c2)[C@]2(C)C(C)CCC3(CCC(=O)C32)[C@@H](C)[C@@H]1O. The van der Waals surface area contributed by atoms with Crippen molar-refractivity contribution in [3.8, 4) is 0 Å². The predicted octanol–water partition coefficient (Wildman–Crippen LogP) is 6.35. The lowest BCUT2D eigenvalue weighted by molar-refractivity contribution is -0.205. The predicted molar refractivity (Wildman–Crippen MR) is 194 cm³/mol. The summed E-state index contributed by atoms with van der Waals surface area (Å²) in [5.74, 6) is -0.381. The molecule has 3 saturated carbocycles. The van der Waals surface area contributed by atoms with Gasteiger partial charge in [0.2, 0.25) is 5.91 Å². The van der Waals surface area contributed by atoms with Crippen molar-refractivity contribution in [1.82, 2.24) is 10.3 Å². The van der Waals surface area contributed by atoms with Gasteiger partial charge >= 0.3 is 5.97 Å². The van der Waals surface area contributed by atoms with Crippen LogP contribution in [0.25, 0.3) is 10.9 Å². The molecule has 9 heteroatoms. The maximum Gasteiger partial charge on any atom is 0.316 e.